The van der Waals surface area contributed by atoms with Gasteiger partial charge in [0.15, 0.2) is 0 Å². The van der Waals surface area contributed by atoms with Gasteiger partial charge in [0, 0.05) is 5.69 Å². The zero-order valence-corrected chi connectivity index (χ0v) is 14.5. The summed E-state index contributed by atoms with van der Waals surface area (Å²) in [6.45, 7) is 1.92. The Bertz CT molecular complexity index is 885. The van der Waals surface area contributed by atoms with E-state index in [0.717, 1.165) is 11.3 Å². The van der Waals surface area contributed by atoms with Crippen LogP contribution in [0.2, 0.25) is 0 Å². The standard InChI is InChI=1S/C18H18N2O4S/c1-2-3-12-25(23,24)19-13-8-10-14(11-9-13)20-17(21)15-6-4-5-7-16(15)18(20)22/h4-11,19H,2-3,12H2,1H3. The lowest BCUT2D eigenvalue weighted by molar-refractivity contribution is 0.0926. The van der Waals surface area contributed by atoms with Crippen molar-refractivity contribution >= 4 is 33.2 Å². The second-order valence-corrected chi connectivity index (χ2v) is 7.65. The Hall–Kier alpha value is -2.67. The van der Waals surface area contributed by atoms with E-state index < -0.39 is 10.0 Å². The molecule has 0 unspecified atom stereocenters. The molecule has 0 bridgehead atoms. The number of nitrogens with one attached hydrogen (secondary N) is 1. The summed E-state index contributed by atoms with van der Waals surface area (Å²) in [4.78, 5) is 26.0. The summed E-state index contributed by atoms with van der Waals surface area (Å²) in [6.07, 6.45) is 1.38. The molecule has 3 rings (SSSR count). The Labute approximate surface area is 146 Å². The predicted octanol–water partition coefficient (Wildman–Crippen LogP) is 3.03. The monoisotopic (exact) mass is 358 g/mol. The van der Waals surface area contributed by atoms with E-state index in [1.165, 1.54) is 0 Å². The number of benzene rings is 2. The highest BCUT2D eigenvalue weighted by Gasteiger charge is 2.36. The Balaban J connectivity index is 1.80. The highest BCUT2D eigenvalue weighted by atomic mass is 32.2. The minimum absolute atomic E-state index is 0.0592. The molecule has 0 aromatic heterocycles. The first-order valence-electron chi connectivity index (χ1n) is 8.01. The Morgan fingerprint density at radius 2 is 1.48 bits per heavy atom. The molecule has 2 aromatic rings. The first kappa shape index (κ1) is 17.2. The molecule has 1 aliphatic heterocycles. The molecule has 7 heteroatoms. The second-order valence-electron chi connectivity index (χ2n) is 5.81. The van der Waals surface area contributed by atoms with Crippen LogP contribution in [0.3, 0.4) is 0 Å². The maximum absolute atomic E-state index is 12.4. The molecule has 1 heterocycles. The highest BCUT2D eigenvalue weighted by Crippen LogP contribution is 2.29. The smallest absolute Gasteiger partial charge is 0.266 e. The number of carbonyl (C=O) groups excluding carboxylic acids is 2. The third-order valence-corrected chi connectivity index (χ3v) is 5.33. The number of rotatable bonds is 6. The molecule has 25 heavy (non-hydrogen) atoms. The van der Waals surface area contributed by atoms with Crippen LogP contribution in [0.5, 0.6) is 0 Å². The second kappa shape index (κ2) is 6.68. The van der Waals surface area contributed by atoms with E-state index in [2.05, 4.69) is 4.72 Å². The van der Waals surface area contributed by atoms with Gasteiger partial charge < -0.3 is 0 Å². The average molecular weight is 358 g/mol. The third-order valence-electron chi connectivity index (χ3n) is 3.96. The quantitative estimate of drug-likeness (QED) is 0.805. The van der Waals surface area contributed by atoms with Crippen LogP contribution in [0.15, 0.2) is 48.5 Å². The van der Waals surface area contributed by atoms with Gasteiger partial charge in [-0.05, 0) is 42.8 Å². The summed E-state index contributed by atoms with van der Waals surface area (Å²) in [5.41, 5.74) is 1.55. The summed E-state index contributed by atoms with van der Waals surface area (Å²) < 4.78 is 26.3. The summed E-state index contributed by atoms with van der Waals surface area (Å²) in [5, 5.41) is 0. The van der Waals surface area contributed by atoms with Crippen molar-refractivity contribution in [3.63, 3.8) is 0 Å². The molecule has 0 fully saturated rings. The molecule has 0 aliphatic carbocycles. The van der Waals surface area contributed by atoms with Crippen LogP contribution in [-0.2, 0) is 10.0 Å². The fourth-order valence-corrected chi connectivity index (χ4v) is 3.93. The van der Waals surface area contributed by atoms with Gasteiger partial charge in [0.2, 0.25) is 10.0 Å². The van der Waals surface area contributed by atoms with Gasteiger partial charge in [0.25, 0.3) is 11.8 Å². The fraction of sp³-hybridized carbons (Fsp3) is 0.222. The zero-order valence-electron chi connectivity index (χ0n) is 13.7. The molecular formula is C18H18N2O4S. The summed E-state index contributed by atoms with van der Waals surface area (Å²) in [7, 11) is -3.39. The lowest BCUT2D eigenvalue weighted by atomic mass is 10.1. The van der Waals surface area contributed by atoms with Crippen molar-refractivity contribution in [2.75, 3.05) is 15.4 Å². The van der Waals surface area contributed by atoms with Crippen molar-refractivity contribution in [1.29, 1.82) is 0 Å². The van der Waals surface area contributed by atoms with Gasteiger partial charge in [-0.15, -0.1) is 0 Å². The maximum Gasteiger partial charge on any atom is 0.266 e. The van der Waals surface area contributed by atoms with E-state index in [9.17, 15) is 18.0 Å². The van der Waals surface area contributed by atoms with Gasteiger partial charge in [0.1, 0.15) is 0 Å². The average Bonchev–Trinajstić information content (AvgIpc) is 2.85. The number of hydrogen-bond donors (Lipinski definition) is 1. The van der Waals surface area contributed by atoms with Crippen LogP contribution < -0.4 is 9.62 Å². The number of imide groups is 1. The summed E-state index contributed by atoms with van der Waals surface area (Å²) in [6, 6.07) is 12.9. The number of unbranched alkanes of at least 4 members (excludes halogenated alkanes) is 1. The van der Waals surface area contributed by atoms with Crippen molar-refractivity contribution in [2.45, 2.75) is 19.8 Å². The van der Waals surface area contributed by atoms with E-state index in [0.29, 0.717) is 28.9 Å². The molecule has 1 N–H and O–H groups in total. The van der Waals surface area contributed by atoms with Crippen LogP contribution in [-0.4, -0.2) is 26.0 Å². The molecule has 130 valence electrons. The fourth-order valence-electron chi connectivity index (χ4n) is 2.67. The molecule has 0 saturated heterocycles. The molecule has 2 amide bonds. The van der Waals surface area contributed by atoms with E-state index >= 15 is 0 Å². The van der Waals surface area contributed by atoms with E-state index in [-0.39, 0.29) is 17.6 Å². The molecule has 2 aromatic carbocycles. The van der Waals surface area contributed by atoms with E-state index in [1.807, 2.05) is 6.92 Å². The minimum Gasteiger partial charge on any atom is -0.284 e. The van der Waals surface area contributed by atoms with Crippen molar-refractivity contribution in [3.05, 3.63) is 59.7 Å². The maximum atomic E-state index is 12.4. The predicted molar refractivity (Wildman–Crippen MR) is 96.3 cm³/mol. The highest BCUT2D eigenvalue weighted by molar-refractivity contribution is 7.92. The Morgan fingerprint density at radius 3 is 2.00 bits per heavy atom. The number of carbonyl (C=O) groups is 2. The summed E-state index contributed by atoms with van der Waals surface area (Å²) >= 11 is 0. The first-order valence-corrected chi connectivity index (χ1v) is 9.66. The van der Waals surface area contributed by atoms with Gasteiger partial charge >= 0.3 is 0 Å². The minimum atomic E-state index is -3.39. The van der Waals surface area contributed by atoms with Crippen LogP contribution in [0, 0.1) is 0 Å². The molecule has 0 saturated carbocycles. The van der Waals surface area contributed by atoms with Crippen molar-refractivity contribution in [2.24, 2.45) is 0 Å². The molecule has 6 nitrogen and oxygen atoms in total. The Morgan fingerprint density at radius 1 is 0.920 bits per heavy atom. The number of hydrogen-bond acceptors (Lipinski definition) is 4. The molecule has 0 radical (unpaired) electrons. The lowest BCUT2D eigenvalue weighted by Crippen LogP contribution is -2.29. The first-order chi connectivity index (χ1) is 11.9. The SMILES string of the molecule is CCCCS(=O)(=O)Nc1ccc(N2C(=O)c3ccccc3C2=O)cc1. The molecular weight excluding hydrogens is 340 g/mol. The van der Waals surface area contributed by atoms with E-state index in [1.54, 1.807) is 48.5 Å². The van der Waals surface area contributed by atoms with Gasteiger partial charge in [-0.1, -0.05) is 25.5 Å². The van der Waals surface area contributed by atoms with E-state index in [4.69, 9.17) is 0 Å². The molecule has 0 spiro atoms. The zero-order chi connectivity index (χ0) is 18.0. The molecule has 1 aliphatic rings. The normalized spacial score (nSPS) is 13.9. The largest absolute Gasteiger partial charge is 0.284 e. The van der Waals surface area contributed by atoms with Crippen molar-refractivity contribution in [1.82, 2.24) is 0 Å². The van der Waals surface area contributed by atoms with Gasteiger partial charge in [-0.3, -0.25) is 14.3 Å². The van der Waals surface area contributed by atoms with Crippen LogP contribution in [0.25, 0.3) is 0 Å². The van der Waals surface area contributed by atoms with Crippen LogP contribution in [0.1, 0.15) is 40.5 Å². The topological polar surface area (TPSA) is 83.6 Å². The number of nitrogens with zero attached hydrogens (tertiary/aromatic N) is 1. The number of sulfonamides is 1. The van der Waals surface area contributed by atoms with Crippen molar-refractivity contribution < 1.29 is 18.0 Å². The third kappa shape index (κ3) is 3.41. The lowest BCUT2D eigenvalue weighted by Gasteiger charge is -2.15. The number of anilines is 2. The van der Waals surface area contributed by atoms with Gasteiger partial charge in [0.05, 0.1) is 22.6 Å². The summed E-state index contributed by atoms with van der Waals surface area (Å²) in [5.74, 6) is -0.697. The Kier molecular flexibility index (Phi) is 4.59. The van der Waals surface area contributed by atoms with Crippen LogP contribution >= 0.6 is 0 Å². The van der Waals surface area contributed by atoms with Gasteiger partial charge in [-0.25, -0.2) is 13.3 Å². The number of fused-ring (bicyclic) bond motifs is 1. The van der Waals surface area contributed by atoms with Crippen molar-refractivity contribution in [3.8, 4) is 0 Å². The number of amides is 2. The molecule has 0 atom stereocenters. The van der Waals surface area contributed by atoms with Gasteiger partial charge in [-0.2, -0.15) is 0 Å². The van der Waals surface area contributed by atoms with Crippen LogP contribution in [0.4, 0.5) is 11.4 Å².